The summed E-state index contributed by atoms with van der Waals surface area (Å²) in [5, 5.41) is -0.307. The molecule has 1 saturated heterocycles. The number of carbonyl (C=O) groups is 4. The lowest BCUT2D eigenvalue weighted by molar-refractivity contribution is -0.122. The van der Waals surface area contributed by atoms with Crippen molar-refractivity contribution in [2.45, 2.75) is 44.3 Å². The number of anilines is 2. The van der Waals surface area contributed by atoms with E-state index in [1.54, 1.807) is 60.3 Å². The molecule has 4 aromatic carbocycles. The van der Waals surface area contributed by atoms with Crippen molar-refractivity contribution in [3.8, 4) is 23.0 Å². The molecule has 1 unspecified atom stereocenters. The molecule has 8 nitrogen and oxygen atoms in total. The third-order valence-corrected chi connectivity index (χ3v) is 9.67. The number of benzene rings is 4. The zero-order valence-electron chi connectivity index (χ0n) is 26.3. The Labute approximate surface area is 278 Å². The molecule has 238 valence electrons. The summed E-state index contributed by atoms with van der Waals surface area (Å²) in [6.07, 6.45) is 3.71. The number of imide groups is 2. The van der Waals surface area contributed by atoms with Crippen LogP contribution >= 0.6 is 11.8 Å². The van der Waals surface area contributed by atoms with Gasteiger partial charge in [-0.1, -0.05) is 45.0 Å². The molecule has 0 spiro atoms. The number of rotatable bonds is 11. The Morgan fingerprint density at radius 2 is 1.04 bits per heavy atom. The maximum Gasteiger partial charge on any atom is 0.258 e. The number of amides is 4. The summed E-state index contributed by atoms with van der Waals surface area (Å²) in [5.41, 5.74) is 2.96. The van der Waals surface area contributed by atoms with Crippen molar-refractivity contribution in [2.24, 2.45) is 0 Å². The fraction of sp³-hybridized carbons (Fsp3) is 0.211. The van der Waals surface area contributed by atoms with Gasteiger partial charge in [0.15, 0.2) is 0 Å². The van der Waals surface area contributed by atoms with E-state index in [0.29, 0.717) is 34.4 Å². The van der Waals surface area contributed by atoms with E-state index >= 15 is 0 Å². The van der Waals surface area contributed by atoms with Gasteiger partial charge in [0, 0.05) is 24.0 Å². The summed E-state index contributed by atoms with van der Waals surface area (Å²) in [6, 6.07) is 29.7. The van der Waals surface area contributed by atoms with Crippen LogP contribution in [-0.4, -0.2) is 34.6 Å². The smallest absolute Gasteiger partial charge is 0.258 e. The van der Waals surface area contributed by atoms with Gasteiger partial charge in [0.2, 0.25) is 11.8 Å². The average molecular weight is 647 g/mol. The zero-order chi connectivity index (χ0) is 33.1. The van der Waals surface area contributed by atoms with Gasteiger partial charge in [-0.15, -0.1) is 11.8 Å². The van der Waals surface area contributed by atoms with Crippen molar-refractivity contribution in [3.05, 3.63) is 120 Å². The maximum atomic E-state index is 12.8. The van der Waals surface area contributed by atoms with Gasteiger partial charge in [0.1, 0.15) is 23.0 Å². The maximum absolute atomic E-state index is 12.8. The topological polar surface area (TPSA) is 93.2 Å². The van der Waals surface area contributed by atoms with Crippen LogP contribution in [-0.2, 0) is 24.6 Å². The van der Waals surface area contributed by atoms with Gasteiger partial charge >= 0.3 is 0 Å². The number of hydrogen-bond donors (Lipinski definition) is 0. The van der Waals surface area contributed by atoms with Gasteiger partial charge in [0.25, 0.3) is 11.8 Å². The third kappa shape index (κ3) is 6.71. The molecule has 47 heavy (non-hydrogen) atoms. The van der Waals surface area contributed by atoms with Crippen molar-refractivity contribution in [2.75, 3.05) is 15.6 Å². The number of ether oxygens (including phenoxy) is 2. The molecule has 0 saturated carbocycles. The Morgan fingerprint density at radius 1 is 0.638 bits per heavy atom. The molecular formula is C38H34N2O6S. The van der Waals surface area contributed by atoms with Gasteiger partial charge in [-0.2, -0.15) is 0 Å². The molecule has 0 bridgehead atoms. The molecule has 1 fully saturated rings. The lowest BCUT2D eigenvalue weighted by Crippen LogP contribution is -2.31. The number of carbonyl (C=O) groups excluding carboxylic acids is 4. The predicted octanol–water partition coefficient (Wildman–Crippen LogP) is 7.80. The zero-order valence-corrected chi connectivity index (χ0v) is 27.2. The Balaban J connectivity index is 1.06. The van der Waals surface area contributed by atoms with Crippen molar-refractivity contribution < 1.29 is 28.7 Å². The van der Waals surface area contributed by atoms with Crippen molar-refractivity contribution in [1.82, 2.24) is 0 Å². The monoisotopic (exact) mass is 646 g/mol. The first-order valence-electron chi connectivity index (χ1n) is 15.5. The first-order chi connectivity index (χ1) is 22.6. The van der Waals surface area contributed by atoms with Crippen LogP contribution in [0.1, 0.15) is 44.7 Å². The normalized spacial score (nSPS) is 16.4. The molecule has 1 atom stereocenters. The minimum atomic E-state index is -0.360. The van der Waals surface area contributed by atoms with Crippen LogP contribution in [0.3, 0.4) is 0 Å². The van der Waals surface area contributed by atoms with Crippen LogP contribution in [0.2, 0.25) is 0 Å². The molecule has 2 aliphatic rings. The molecule has 0 N–H and O–H groups in total. The molecule has 4 amide bonds. The molecule has 2 heterocycles. The highest BCUT2D eigenvalue weighted by molar-refractivity contribution is 8.00. The van der Waals surface area contributed by atoms with Crippen LogP contribution in [0.25, 0.3) is 0 Å². The van der Waals surface area contributed by atoms with Crippen molar-refractivity contribution in [1.29, 1.82) is 0 Å². The van der Waals surface area contributed by atoms with Crippen LogP contribution in [0.5, 0.6) is 23.0 Å². The second-order valence-electron chi connectivity index (χ2n) is 11.8. The van der Waals surface area contributed by atoms with Gasteiger partial charge in [0.05, 0.1) is 16.6 Å². The van der Waals surface area contributed by atoms with Crippen molar-refractivity contribution >= 4 is 46.8 Å². The first-order valence-corrected chi connectivity index (χ1v) is 16.5. The van der Waals surface area contributed by atoms with Crippen LogP contribution < -0.4 is 19.3 Å². The van der Waals surface area contributed by atoms with E-state index in [4.69, 9.17) is 9.47 Å². The van der Waals surface area contributed by atoms with Crippen LogP contribution in [0.15, 0.2) is 109 Å². The molecule has 9 heteroatoms. The fourth-order valence-corrected chi connectivity index (χ4v) is 6.59. The van der Waals surface area contributed by atoms with E-state index in [9.17, 15) is 19.2 Å². The third-order valence-electron chi connectivity index (χ3n) is 8.25. The SMILES string of the molecule is CCCSC1CC(=O)N(c2ccc(Oc3ccc(C(C)(C)c4ccc(Oc5ccc(N6C(=O)C=CC6=O)cc5)cc4)cc3)cc2)C1=O. The van der Waals surface area contributed by atoms with Crippen LogP contribution in [0, 0.1) is 0 Å². The van der Waals surface area contributed by atoms with E-state index in [1.165, 1.54) is 17.1 Å². The summed E-state index contributed by atoms with van der Waals surface area (Å²) in [6.45, 7) is 6.36. The Morgan fingerprint density at radius 3 is 1.47 bits per heavy atom. The molecule has 6 rings (SSSR count). The summed E-state index contributed by atoms with van der Waals surface area (Å²) < 4.78 is 12.1. The van der Waals surface area contributed by atoms with E-state index < -0.39 is 0 Å². The highest BCUT2D eigenvalue weighted by atomic mass is 32.2. The minimum absolute atomic E-state index is 0.150. The van der Waals surface area contributed by atoms with Gasteiger partial charge < -0.3 is 9.47 Å². The molecule has 4 aromatic rings. The second kappa shape index (κ2) is 13.3. The highest BCUT2D eigenvalue weighted by Gasteiger charge is 2.39. The number of nitrogens with zero attached hydrogens (tertiary/aromatic N) is 2. The molecule has 0 aliphatic carbocycles. The molecule has 0 aromatic heterocycles. The standard InChI is InChI=1S/C38H34N2O6S/c1-4-23-47-33-24-36(43)40(37(33)44)28-11-19-32(20-12-28)46-30-15-7-26(8-16-30)38(2,3)25-5-13-29(14-6-25)45-31-17-9-27(10-18-31)39-34(41)21-22-35(39)42/h5-22,33H,4,23-24H2,1-3H3. The Bertz CT molecular complexity index is 1810. The minimum Gasteiger partial charge on any atom is -0.457 e. The van der Waals surface area contributed by atoms with E-state index in [2.05, 4.69) is 20.8 Å². The number of hydrogen-bond acceptors (Lipinski definition) is 7. The van der Waals surface area contributed by atoms with E-state index in [0.717, 1.165) is 28.2 Å². The van der Waals surface area contributed by atoms with Crippen molar-refractivity contribution in [3.63, 3.8) is 0 Å². The largest absolute Gasteiger partial charge is 0.457 e. The summed E-state index contributed by atoms with van der Waals surface area (Å²) >= 11 is 1.54. The lowest BCUT2D eigenvalue weighted by Gasteiger charge is -2.26. The summed E-state index contributed by atoms with van der Waals surface area (Å²) in [4.78, 5) is 51.6. The van der Waals surface area contributed by atoms with E-state index in [1.807, 2.05) is 48.5 Å². The van der Waals surface area contributed by atoms with Gasteiger partial charge in [-0.3, -0.25) is 19.2 Å². The van der Waals surface area contributed by atoms with E-state index in [-0.39, 0.29) is 40.7 Å². The second-order valence-corrected chi connectivity index (χ2v) is 13.2. The number of thioether (sulfide) groups is 1. The van der Waals surface area contributed by atoms with Crippen LogP contribution in [0.4, 0.5) is 11.4 Å². The quantitative estimate of drug-likeness (QED) is 0.154. The molecule has 0 radical (unpaired) electrons. The summed E-state index contributed by atoms with van der Waals surface area (Å²) in [5.74, 6) is 2.35. The lowest BCUT2D eigenvalue weighted by atomic mass is 9.78. The highest BCUT2D eigenvalue weighted by Crippen LogP contribution is 2.36. The average Bonchev–Trinajstić information content (AvgIpc) is 3.56. The fourth-order valence-electron chi connectivity index (χ4n) is 5.57. The first kappa shape index (κ1) is 31.8. The molecule has 2 aliphatic heterocycles. The summed E-state index contributed by atoms with van der Waals surface area (Å²) in [7, 11) is 0. The predicted molar refractivity (Wildman–Crippen MR) is 183 cm³/mol. The Kier molecular flexibility index (Phi) is 9.00. The van der Waals surface area contributed by atoms with Gasteiger partial charge in [-0.05, 0) is 96.1 Å². The Hall–Kier alpha value is -5.15. The molecular weight excluding hydrogens is 612 g/mol. The van der Waals surface area contributed by atoms with Gasteiger partial charge in [-0.25, -0.2) is 9.80 Å².